The first-order valence-electron chi connectivity index (χ1n) is 6.19. The van der Waals surface area contributed by atoms with Gasteiger partial charge in [-0.2, -0.15) is 0 Å². The molecule has 2 amide bonds. The maximum atomic E-state index is 11.9. The largest absolute Gasteiger partial charge is 0.481 e. The normalized spacial score (nSPS) is 11.1. The fraction of sp³-hybridized carbons (Fsp3) is 0.833. The molecule has 0 aromatic heterocycles. The molecule has 0 bridgehead atoms. The number of hydrogen-bond donors (Lipinski definition) is 2. The van der Waals surface area contributed by atoms with Gasteiger partial charge in [0.25, 0.3) is 0 Å². The average molecular weight is 260 g/mol. The lowest BCUT2D eigenvalue weighted by Crippen LogP contribution is -2.51. The van der Waals surface area contributed by atoms with Gasteiger partial charge in [-0.15, -0.1) is 0 Å². The molecule has 0 rings (SSSR count). The smallest absolute Gasteiger partial charge is 0.317 e. The summed E-state index contributed by atoms with van der Waals surface area (Å²) in [6.45, 7) is 9.30. The Bertz CT molecular complexity index is 279. The Morgan fingerprint density at radius 3 is 2.39 bits per heavy atom. The van der Waals surface area contributed by atoms with Gasteiger partial charge in [-0.05, 0) is 27.7 Å². The van der Waals surface area contributed by atoms with Gasteiger partial charge in [0.1, 0.15) is 0 Å². The van der Waals surface area contributed by atoms with Crippen molar-refractivity contribution in [2.24, 2.45) is 0 Å². The summed E-state index contributed by atoms with van der Waals surface area (Å²) in [5.41, 5.74) is -0.762. The quantitative estimate of drug-likeness (QED) is 0.645. The minimum absolute atomic E-state index is 0.109. The molecule has 0 saturated carbocycles. The predicted octanol–water partition coefficient (Wildman–Crippen LogP) is 1.31. The number of amides is 2. The Balaban J connectivity index is 4.29. The number of aliphatic carboxylic acids is 1. The van der Waals surface area contributed by atoms with Crippen LogP contribution < -0.4 is 5.32 Å². The highest BCUT2D eigenvalue weighted by atomic mass is 16.5. The van der Waals surface area contributed by atoms with Gasteiger partial charge in [0, 0.05) is 25.2 Å². The number of rotatable bonds is 8. The standard InChI is InChI=1S/C12H24N2O4/c1-5-14(7-8-18-6-2)11(17)13-12(3,4)9-10(15)16/h5-9H2,1-4H3,(H,13,17)(H,15,16). The van der Waals surface area contributed by atoms with E-state index in [1.165, 1.54) is 0 Å². The Morgan fingerprint density at radius 2 is 1.94 bits per heavy atom. The summed E-state index contributed by atoms with van der Waals surface area (Å²) in [6.07, 6.45) is -0.109. The predicted molar refractivity (Wildman–Crippen MR) is 68.6 cm³/mol. The zero-order valence-electron chi connectivity index (χ0n) is 11.7. The number of ether oxygens (including phenoxy) is 1. The zero-order chi connectivity index (χ0) is 14.2. The first-order chi connectivity index (χ1) is 8.32. The molecule has 0 spiro atoms. The number of nitrogens with zero attached hydrogens (tertiary/aromatic N) is 1. The van der Waals surface area contributed by atoms with Crippen LogP contribution in [0.5, 0.6) is 0 Å². The van der Waals surface area contributed by atoms with Crippen LogP contribution in [0.15, 0.2) is 0 Å². The molecule has 0 aliphatic heterocycles. The molecule has 6 nitrogen and oxygen atoms in total. The van der Waals surface area contributed by atoms with Crippen molar-refractivity contribution in [3.8, 4) is 0 Å². The lowest BCUT2D eigenvalue weighted by atomic mass is 10.0. The molecular weight excluding hydrogens is 236 g/mol. The Hall–Kier alpha value is -1.30. The summed E-state index contributed by atoms with van der Waals surface area (Å²) >= 11 is 0. The molecule has 6 heteroatoms. The van der Waals surface area contributed by atoms with Crippen LogP contribution in [0.3, 0.4) is 0 Å². The molecule has 0 fully saturated rings. The summed E-state index contributed by atoms with van der Waals surface area (Å²) in [5.74, 6) is -0.933. The van der Waals surface area contributed by atoms with Crippen LogP contribution in [0.25, 0.3) is 0 Å². The summed E-state index contributed by atoms with van der Waals surface area (Å²) in [4.78, 5) is 24.2. The van der Waals surface area contributed by atoms with Gasteiger partial charge in [-0.1, -0.05) is 0 Å². The molecule has 0 unspecified atom stereocenters. The van der Waals surface area contributed by atoms with E-state index in [0.717, 1.165) is 0 Å². The average Bonchev–Trinajstić information content (AvgIpc) is 2.21. The van der Waals surface area contributed by atoms with Gasteiger partial charge in [-0.25, -0.2) is 4.79 Å². The van der Waals surface area contributed by atoms with Crippen LogP contribution in [0.2, 0.25) is 0 Å². The number of carboxylic acids is 1. The minimum Gasteiger partial charge on any atom is -0.481 e. The van der Waals surface area contributed by atoms with E-state index in [1.807, 2.05) is 13.8 Å². The molecule has 0 aromatic rings. The molecule has 0 aliphatic rings. The van der Waals surface area contributed by atoms with Crippen LogP contribution in [0.1, 0.15) is 34.1 Å². The Morgan fingerprint density at radius 1 is 1.33 bits per heavy atom. The third-order valence-corrected chi connectivity index (χ3v) is 2.42. The molecule has 2 N–H and O–H groups in total. The van der Waals surface area contributed by atoms with Crippen LogP contribution in [0.4, 0.5) is 4.79 Å². The summed E-state index contributed by atoms with van der Waals surface area (Å²) in [6, 6.07) is -0.261. The number of nitrogens with one attached hydrogen (secondary N) is 1. The van der Waals surface area contributed by atoms with E-state index in [9.17, 15) is 9.59 Å². The maximum absolute atomic E-state index is 11.9. The number of carbonyl (C=O) groups is 2. The van der Waals surface area contributed by atoms with E-state index in [0.29, 0.717) is 26.3 Å². The van der Waals surface area contributed by atoms with E-state index in [2.05, 4.69) is 5.32 Å². The number of likely N-dealkylation sites (N-methyl/N-ethyl adjacent to an activating group) is 1. The molecule has 0 heterocycles. The van der Waals surface area contributed by atoms with Gasteiger partial charge in [0.2, 0.25) is 0 Å². The molecular formula is C12H24N2O4. The molecule has 106 valence electrons. The van der Waals surface area contributed by atoms with Crippen molar-refractivity contribution in [2.75, 3.05) is 26.3 Å². The van der Waals surface area contributed by atoms with E-state index < -0.39 is 11.5 Å². The SMILES string of the molecule is CCOCCN(CC)C(=O)NC(C)(C)CC(=O)O. The van der Waals surface area contributed by atoms with Crippen molar-refractivity contribution in [1.29, 1.82) is 0 Å². The van der Waals surface area contributed by atoms with E-state index in [1.54, 1.807) is 18.7 Å². The highest BCUT2D eigenvalue weighted by Gasteiger charge is 2.25. The summed E-state index contributed by atoms with van der Waals surface area (Å²) < 4.78 is 5.19. The molecule has 18 heavy (non-hydrogen) atoms. The Labute approximate surface area is 108 Å². The summed E-state index contributed by atoms with van der Waals surface area (Å²) in [7, 11) is 0. The maximum Gasteiger partial charge on any atom is 0.317 e. The fourth-order valence-electron chi connectivity index (χ4n) is 1.51. The van der Waals surface area contributed by atoms with Gasteiger partial charge in [0.05, 0.1) is 13.0 Å². The molecule has 0 atom stereocenters. The number of hydrogen-bond acceptors (Lipinski definition) is 3. The number of carboxylic acid groups (broad SMARTS) is 1. The second kappa shape index (κ2) is 7.92. The Kier molecular flexibility index (Phi) is 7.35. The number of urea groups is 1. The fourth-order valence-corrected chi connectivity index (χ4v) is 1.51. The summed E-state index contributed by atoms with van der Waals surface area (Å²) in [5, 5.41) is 11.5. The van der Waals surface area contributed by atoms with Crippen LogP contribution in [-0.2, 0) is 9.53 Å². The third kappa shape index (κ3) is 7.11. The topological polar surface area (TPSA) is 78.9 Å². The first-order valence-corrected chi connectivity index (χ1v) is 6.19. The number of carbonyl (C=O) groups excluding carboxylic acids is 1. The van der Waals surface area contributed by atoms with E-state index in [4.69, 9.17) is 9.84 Å². The molecule has 0 aliphatic carbocycles. The lowest BCUT2D eigenvalue weighted by Gasteiger charge is -2.29. The van der Waals surface area contributed by atoms with Crippen molar-refractivity contribution >= 4 is 12.0 Å². The van der Waals surface area contributed by atoms with Crippen molar-refractivity contribution in [1.82, 2.24) is 10.2 Å². The van der Waals surface area contributed by atoms with Crippen LogP contribution in [-0.4, -0.2) is 53.8 Å². The van der Waals surface area contributed by atoms with Crippen molar-refractivity contribution < 1.29 is 19.4 Å². The lowest BCUT2D eigenvalue weighted by molar-refractivity contribution is -0.138. The van der Waals surface area contributed by atoms with Crippen LogP contribution >= 0.6 is 0 Å². The molecule has 0 aromatic carbocycles. The first kappa shape index (κ1) is 16.7. The van der Waals surface area contributed by atoms with Gasteiger partial charge in [-0.3, -0.25) is 4.79 Å². The van der Waals surface area contributed by atoms with Crippen molar-refractivity contribution in [3.05, 3.63) is 0 Å². The molecule has 0 radical (unpaired) electrons. The highest BCUT2D eigenvalue weighted by molar-refractivity contribution is 5.76. The second-order valence-corrected chi connectivity index (χ2v) is 4.66. The van der Waals surface area contributed by atoms with Gasteiger partial charge in [0.15, 0.2) is 0 Å². The van der Waals surface area contributed by atoms with Gasteiger partial charge < -0.3 is 20.1 Å². The third-order valence-electron chi connectivity index (χ3n) is 2.42. The zero-order valence-corrected chi connectivity index (χ0v) is 11.7. The second-order valence-electron chi connectivity index (χ2n) is 4.66. The van der Waals surface area contributed by atoms with Gasteiger partial charge >= 0.3 is 12.0 Å². The minimum atomic E-state index is -0.933. The highest BCUT2D eigenvalue weighted by Crippen LogP contribution is 2.09. The van der Waals surface area contributed by atoms with Crippen molar-refractivity contribution in [3.63, 3.8) is 0 Å². The van der Waals surface area contributed by atoms with E-state index >= 15 is 0 Å². The van der Waals surface area contributed by atoms with E-state index in [-0.39, 0.29) is 12.5 Å². The monoisotopic (exact) mass is 260 g/mol. The van der Waals surface area contributed by atoms with Crippen LogP contribution in [0, 0.1) is 0 Å². The molecule has 0 saturated heterocycles. The van der Waals surface area contributed by atoms with Crippen molar-refractivity contribution in [2.45, 2.75) is 39.7 Å².